The van der Waals surface area contributed by atoms with Gasteiger partial charge in [0, 0.05) is 0 Å². The van der Waals surface area contributed by atoms with E-state index in [9.17, 15) is 8.42 Å². The predicted molar refractivity (Wildman–Crippen MR) is 63.9 cm³/mol. The summed E-state index contributed by atoms with van der Waals surface area (Å²) in [4.78, 5) is 0.282. The van der Waals surface area contributed by atoms with Gasteiger partial charge in [-0.3, -0.25) is 0 Å². The molecule has 0 aromatic heterocycles. The first-order valence-electron chi connectivity index (χ1n) is 4.99. The van der Waals surface area contributed by atoms with E-state index < -0.39 is 15.3 Å². The van der Waals surface area contributed by atoms with E-state index >= 15 is 0 Å². The number of hydrogen-bond donors (Lipinski definition) is 0. The highest BCUT2D eigenvalue weighted by Crippen LogP contribution is 2.16. The lowest BCUT2D eigenvalue weighted by atomic mass is 10.4. The van der Waals surface area contributed by atoms with Crippen LogP contribution in [0.1, 0.15) is 13.8 Å². The Morgan fingerprint density at radius 1 is 1.38 bits per heavy atom. The first-order valence-corrected chi connectivity index (χ1v) is 6.54. The zero-order valence-electron chi connectivity index (χ0n) is 9.51. The third kappa shape index (κ3) is 3.18. The van der Waals surface area contributed by atoms with Gasteiger partial charge in [0.25, 0.3) is 0 Å². The SMILES string of the molecule is C=C(C)COC(C)S(=O)(=O)c1ccccc1. The van der Waals surface area contributed by atoms with Crippen LogP contribution < -0.4 is 0 Å². The molecular weight excluding hydrogens is 224 g/mol. The average Bonchev–Trinajstić information content (AvgIpc) is 2.27. The van der Waals surface area contributed by atoms with Crippen LogP contribution in [0.15, 0.2) is 47.4 Å². The summed E-state index contributed by atoms with van der Waals surface area (Å²) in [5, 5.41) is 0. The van der Waals surface area contributed by atoms with E-state index in [2.05, 4.69) is 6.58 Å². The van der Waals surface area contributed by atoms with Crippen molar-refractivity contribution in [3.63, 3.8) is 0 Å². The minimum atomic E-state index is -3.40. The van der Waals surface area contributed by atoms with E-state index in [-0.39, 0.29) is 11.5 Å². The van der Waals surface area contributed by atoms with Gasteiger partial charge in [0.05, 0.1) is 11.5 Å². The number of rotatable bonds is 5. The van der Waals surface area contributed by atoms with Crippen molar-refractivity contribution in [2.75, 3.05) is 6.61 Å². The van der Waals surface area contributed by atoms with Gasteiger partial charge in [-0.25, -0.2) is 8.42 Å². The molecule has 0 saturated heterocycles. The Kier molecular flexibility index (Phi) is 4.26. The van der Waals surface area contributed by atoms with Crippen molar-refractivity contribution in [2.45, 2.75) is 24.2 Å². The summed E-state index contributed by atoms with van der Waals surface area (Å²) in [5.41, 5.74) is -0.0540. The molecule has 0 N–H and O–H groups in total. The Morgan fingerprint density at radius 3 is 2.44 bits per heavy atom. The average molecular weight is 240 g/mol. The number of sulfone groups is 1. The van der Waals surface area contributed by atoms with Crippen molar-refractivity contribution in [1.82, 2.24) is 0 Å². The number of hydrogen-bond acceptors (Lipinski definition) is 3. The zero-order chi connectivity index (χ0) is 12.2. The van der Waals surface area contributed by atoms with Gasteiger partial charge in [-0.05, 0) is 26.0 Å². The fourth-order valence-electron chi connectivity index (χ4n) is 1.15. The van der Waals surface area contributed by atoms with Gasteiger partial charge in [0.1, 0.15) is 0 Å². The fraction of sp³-hybridized carbons (Fsp3) is 0.333. The molecule has 1 aromatic carbocycles. The molecule has 0 radical (unpaired) electrons. The van der Waals surface area contributed by atoms with Gasteiger partial charge in [0.15, 0.2) is 5.44 Å². The molecule has 1 rings (SSSR count). The maximum atomic E-state index is 12.0. The van der Waals surface area contributed by atoms with E-state index in [4.69, 9.17) is 4.74 Å². The van der Waals surface area contributed by atoms with E-state index in [0.717, 1.165) is 5.57 Å². The highest BCUT2D eigenvalue weighted by atomic mass is 32.2. The van der Waals surface area contributed by atoms with E-state index in [1.54, 1.807) is 37.3 Å². The standard InChI is InChI=1S/C12H16O3S/c1-10(2)9-15-11(3)16(13,14)12-7-5-4-6-8-12/h4-8,11H,1,9H2,2-3H3. The molecule has 3 nitrogen and oxygen atoms in total. The molecule has 16 heavy (non-hydrogen) atoms. The normalized spacial score (nSPS) is 13.4. The molecule has 0 aliphatic carbocycles. The van der Waals surface area contributed by atoms with E-state index in [1.165, 1.54) is 6.92 Å². The van der Waals surface area contributed by atoms with Gasteiger partial charge >= 0.3 is 0 Å². The second-order valence-corrected chi connectivity index (χ2v) is 5.92. The van der Waals surface area contributed by atoms with Crippen LogP contribution in [0.2, 0.25) is 0 Å². The summed E-state index contributed by atoms with van der Waals surface area (Å²) in [5.74, 6) is 0. The van der Waals surface area contributed by atoms with Crippen LogP contribution in [-0.2, 0) is 14.6 Å². The first kappa shape index (κ1) is 12.9. The summed E-state index contributed by atoms with van der Waals surface area (Å²) >= 11 is 0. The molecule has 0 heterocycles. The summed E-state index contributed by atoms with van der Waals surface area (Å²) < 4.78 is 29.2. The van der Waals surface area contributed by atoms with Gasteiger partial charge < -0.3 is 4.74 Å². The van der Waals surface area contributed by atoms with Gasteiger partial charge in [-0.2, -0.15) is 0 Å². The molecule has 1 aromatic rings. The predicted octanol–water partition coefficient (Wildman–Crippen LogP) is 2.40. The van der Waals surface area contributed by atoms with E-state index in [1.807, 2.05) is 0 Å². The lowest BCUT2D eigenvalue weighted by Gasteiger charge is -2.13. The summed E-state index contributed by atoms with van der Waals surface area (Å²) in [7, 11) is -3.40. The molecule has 1 unspecified atom stereocenters. The molecule has 0 amide bonds. The molecule has 0 bridgehead atoms. The molecule has 0 fully saturated rings. The molecular formula is C12H16O3S. The van der Waals surface area contributed by atoms with Crippen molar-refractivity contribution >= 4 is 9.84 Å². The Morgan fingerprint density at radius 2 is 1.94 bits per heavy atom. The Labute approximate surface area is 96.7 Å². The van der Waals surface area contributed by atoms with Crippen LogP contribution in [0.5, 0.6) is 0 Å². The lowest BCUT2D eigenvalue weighted by Crippen LogP contribution is -2.22. The zero-order valence-corrected chi connectivity index (χ0v) is 10.3. The smallest absolute Gasteiger partial charge is 0.204 e. The quantitative estimate of drug-likeness (QED) is 0.742. The number of benzene rings is 1. The van der Waals surface area contributed by atoms with Crippen molar-refractivity contribution in [3.8, 4) is 0 Å². The van der Waals surface area contributed by atoms with Crippen LogP contribution >= 0.6 is 0 Å². The Balaban J connectivity index is 2.82. The molecule has 0 saturated carbocycles. The Bertz CT molecular complexity index is 448. The van der Waals surface area contributed by atoms with Gasteiger partial charge in [-0.15, -0.1) is 0 Å². The van der Waals surface area contributed by atoms with Crippen LogP contribution in [0.25, 0.3) is 0 Å². The largest absolute Gasteiger partial charge is 0.358 e. The van der Waals surface area contributed by atoms with Crippen molar-refractivity contribution < 1.29 is 13.2 Å². The molecule has 1 atom stereocenters. The topological polar surface area (TPSA) is 43.4 Å². The number of ether oxygens (including phenoxy) is 1. The third-order valence-corrected chi connectivity index (χ3v) is 4.01. The maximum absolute atomic E-state index is 12.0. The minimum absolute atomic E-state index is 0.257. The van der Waals surface area contributed by atoms with Crippen molar-refractivity contribution in [1.29, 1.82) is 0 Å². The summed E-state index contributed by atoms with van der Waals surface area (Å²) in [6, 6.07) is 8.29. The van der Waals surface area contributed by atoms with Crippen molar-refractivity contribution in [2.24, 2.45) is 0 Å². The Hall–Kier alpha value is -1.13. The third-order valence-electron chi connectivity index (χ3n) is 2.07. The van der Waals surface area contributed by atoms with Crippen LogP contribution in [0.4, 0.5) is 0 Å². The highest BCUT2D eigenvalue weighted by molar-refractivity contribution is 7.91. The molecule has 4 heteroatoms. The molecule has 0 aliphatic heterocycles. The van der Waals surface area contributed by atoms with E-state index in [0.29, 0.717) is 0 Å². The van der Waals surface area contributed by atoms with Crippen LogP contribution in [0.3, 0.4) is 0 Å². The first-order chi connectivity index (χ1) is 7.44. The highest BCUT2D eigenvalue weighted by Gasteiger charge is 2.23. The molecule has 0 aliphatic rings. The van der Waals surface area contributed by atoms with Crippen molar-refractivity contribution in [3.05, 3.63) is 42.5 Å². The van der Waals surface area contributed by atoms with Gasteiger partial charge in [0.2, 0.25) is 9.84 Å². The summed E-state index contributed by atoms with van der Waals surface area (Å²) in [6.45, 7) is 7.25. The molecule has 88 valence electrons. The van der Waals surface area contributed by atoms with Crippen LogP contribution in [-0.4, -0.2) is 20.5 Å². The monoisotopic (exact) mass is 240 g/mol. The van der Waals surface area contributed by atoms with Gasteiger partial charge in [-0.1, -0.05) is 30.4 Å². The second kappa shape index (κ2) is 5.27. The second-order valence-electron chi connectivity index (χ2n) is 3.69. The fourth-order valence-corrected chi connectivity index (χ4v) is 2.32. The maximum Gasteiger partial charge on any atom is 0.204 e. The summed E-state index contributed by atoms with van der Waals surface area (Å²) in [6.07, 6.45) is 0. The minimum Gasteiger partial charge on any atom is -0.358 e. The lowest BCUT2D eigenvalue weighted by molar-refractivity contribution is 0.138. The van der Waals surface area contributed by atoms with Crippen LogP contribution in [0, 0.1) is 0 Å². The molecule has 0 spiro atoms.